The van der Waals surface area contributed by atoms with Gasteiger partial charge in [-0.05, 0) is 36.6 Å². The Kier molecular flexibility index (Phi) is 3.76. The molecule has 1 aromatic heterocycles. The molecule has 1 heterocycles. The molecule has 20 heavy (non-hydrogen) atoms. The Hall–Kier alpha value is -1.39. The third-order valence-corrected chi connectivity index (χ3v) is 4.38. The molecule has 106 valence electrons. The smallest absolute Gasteiger partial charge is 0.224 e. The van der Waals surface area contributed by atoms with E-state index in [1.54, 1.807) is 0 Å². The molecule has 1 aliphatic rings. The lowest BCUT2D eigenvalue weighted by Crippen LogP contribution is -2.30. The van der Waals surface area contributed by atoms with Crippen molar-refractivity contribution in [2.45, 2.75) is 25.7 Å². The number of aliphatic hydroxyl groups is 1. The summed E-state index contributed by atoms with van der Waals surface area (Å²) in [7, 11) is 0. The van der Waals surface area contributed by atoms with Gasteiger partial charge in [-0.15, -0.1) is 0 Å². The molecule has 1 saturated carbocycles. The molecule has 0 atom stereocenters. The predicted octanol–water partition coefficient (Wildman–Crippen LogP) is 3.25. The Morgan fingerprint density at radius 1 is 1.20 bits per heavy atom. The van der Waals surface area contributed by atoms with Crippen molar-refractivity contribution in [1.82, 2.24) is 9.97 Å². The van der Waals surface area contributed by atoms with Gasteiger partial charge in [0.15, 0.2) is 0 Å². The number of aliphatic hydroxyl groups excluding tert-OH is 1. The van der Waals surface area contributed by atoms with Crippen molar-refractivity contribution in [3.63, 3.8) is 0 Å². The van der Waals surface area contributed by atoms with Crippen LogP contribution in [0.5, 0.6) is 0 Å². The Balaban J connectivity index is 1.87. The molecule has 1 fully saturated rings. The average Bonchev–Trinajstić information content (AvgIpc) is 2.94. The van der Waals surface area contributed by atoms with E-state index in [0.717, 1.165) is 36.1 Å². The van der Waals surface area contributed by atoms with Crippen LogP contribution in [0, 0.1) is 5.41 Å². The maximum absolute atomic E-state index is 9.66. The molecule has 0 aliphatic heterocycles. The van der Waals surface area contributed by atoms with Crippen LogP contribution in [-0.4, -0.2) is 28.2 Å². The predicted molar refractivity (Wildman–Crippen MR) is 81.0 cm³/mol. The van der Waals surface area contributed by atoms with Gasteiger partial charge in [-0.2, -0.15) is 0 Å². The van der Waals surface area contributed by atoms with E-state index in [4.69, 9.17) is 11.6 Å². The zero-order valence-electron chi connectivity index (χ0n) is 11.3. The highest BCUT2D eigenvalue weighted by Crippen LogP contribution is 2.38. The van der Waals surface area contributed by atoms with Crippen LogP contribution in [0.25, 0.3) is 10.9 Å². The first kappa shape index (κ1) is 13.6. The van der Waals surface area contributed by atoms with Gasteiger partial charge in [0, 0.05) is 17.3 Å². The van der Waals surface area contributed by atoms with Gasteiger partial charge in [-0.3, -0.25) is 0 Å². The van der Waals surface area contributed by atoms with Crippen molar-refractivity contribution in [2.24, 2.45) is 5.41 Å². The summed E-state index contributed by atoms with van der Waals surface area (Å²) in [4.78, 5) is 8.51. The van der Waals surface area contributed by atoms with Crippen LogP contribution in [0.3, 0.4) is 0 Å². The molecule has 1 aromatic carbocycles. The van der Waals surface area contributed by atoms with Crippen molar-refractivity contribution in [2.75, 3.05) is 18.5 Å². The minimum absolute atomic E-state index is 0.0153. The van der Waals surface area contributed by atoms with Crippen molar-refractivity contribution in [3.05, 3.63) is 29.5 Å². The number of anilines is 1. The topological polar surface area (TPSA) is 58.0 Å². The second-order valence-electron chi connectivity index (χ2n) is 5.58. The molecule has 5 heteroatoms. The number of nitrogens with one attached hydrogen (secondary N) is 1. The summed E-state index contributed by atoms with van der Waals surface area (Å²) >= 11 is 5.98. The number of fused-ring (bicyclic) bond motifs is 1. The second-order valence-corrected chi connectivity index (χ2v) is 5.92. The Bertz CT molecular complexity index is 611. The molecule has 0 saturated heterocycles. The zero-order chi connectivity index (χ0) is 14.0. The number of para-hydroxylation sites is 1. The minimum Gasteiger partial charge on any atom is -0.396 e. The van der Waals surface area contributed by atoms with Crippen LogP contribution < -0.4 is 5.32 Å². The van der Waals surface area contributed by atoms with Gasteiger partial charge < -0.3 is 10.4 Å². The van der Waals surface area contributed by atoms with Gasteiger partial charge >= 0.3 is 0 Å². The van der Waals surface area contributed by atoms with E-state index in [2.05, 4.69) is 15.3 Å². The molecular formula is C15H18ClN3O. The van der Waals surface area contributed by atoms with E-state index in [-0.39, 0.29) is 17.3 Å². The lowest BCUT2D eigenvalue weighted by Gasteiger charge is -2.27. The summed E-state index contributed by atoms with van der Waals surface area (Å²) < 4.78 is 0. The van der Waals surface area contributed by atoms with Gasteiger partial charge in [0.25, 0.3) is 0 Å². The molecular weight excluding hydrogens is 274 g/mol. The maximum atomic E-state index is 9.66. The van der Waals surface area contributed by atoms with E-state index >= 15 is 0 Å². The molecule has 1 aliphatic carbocycles. The SMILES string of the molecule is OCC1(CNc2nc(Cl)nc3ccccc23)CCCC1. The Morgan fingerprint density at radius 3 is 2.70 bits per heavy atom. The van der Waals surface area contributed by atoms with Gasteiger partial charge in [-0.25, -0.2) is 9.97 Å². The van der Waals surface area contributed by atoms with Crippen LogP contribution in [0.1, 0.15) is 25.7 Å². The van der Waals surface area contributed by atoms with Crippen molar-refractivity contribution in [3.8, 4) is 0 Å². The summed E-state index contributed by atoms with van der Waals surface area (Å²) in [6.07, 6.45) is 4.50. The third-order valence-electron chi connectivity index (χ3n) is 4.21. The summed E-state index contributed by atoms with van der Waals surface area (Å²) in [5, 5.41) is 14.2. The summed E-state index contributed by atoms with van der Waals surface area (Å²) in [6, 6.07) is 7.80. The van der Waals surface area contributed by atoms with Gasteiger partial charge in [0.1, 0.15) is 5.82 Å². The first-order valence-electron chi connectivity index (χ1n) is 6.99. The first-order chi connectivity index (χ1) is 9.72. The molecule has 2 aromatic rings. The van der Waals surface area contributed by atoms with E-state index in [9.17, 15) is 5.11 Å². The Labute approximate surface area is 123 Å². The normalized spacial score (nSPS) is 17.5. The van der Waals surface area contributed by atoms with Gasteiger partial charge in [-0.1, -0.05) is 25.0 Å². The number of halogens is 1. The fourth-order valence-corrected chi connectivity index (χ4v) is 3.15. The highest BCUT2D eigenvalue weighted by molar-refractivity contribution is 6.28. The molecule has 2 N–H and O–H groups in total. The standard InChI is InChI=1S/C15H18ClN3O/c16-14-18-12-6-2-1-5-11(12)13(19-14)17-9-15(10-20)7-3-4-8-15/h1-2,5-6,20H,3-4,7-10H2,(H,17,18,19). The number of benzene rings is 1. The quantitative estimate of drug-likeness (QED) is 0.849. The molecule has 0 amide bonds. The highest BCUT2D eigenvalue weighted by Gasteiger charge is 2.33. The van der Waals surface area contributed by atoms with E-state index in [0.29, 0.717) is 0 Å². The van der Waals surface area contributed by atoms with Crippen molar-refractivity contribution >= 4 is 28.3 Å². The fourth-order valence-electron chi connectivity index (χ4n) is 2.97. The molecule has 0 bridgehead atoms. The van der Waals surface area contributed by atoms with Gasteiger partial charge in [0.05, 0.1) is 12.1 Å². The maximum Gasteiger partial charge on any atom is 0.224 e. The number of rotatable bonds is 4. The first-order valence-corrected chi connectivity index (χ1v) is 7.37. The summed E-state index contributed by atoms with van der Waals surface area (Å²) in [6.45, 7) is 0.942. The van der Waals surface area contributed by atoms with Crippen molar-refractivity contribution in [1.29, 1.82) is 0 Å². The van der Waals surface area contributed by atoms with E-state index in [1.807, 2.05) is 24.3 Å². The van der Waals surface area contributed by atoms with E-state index < -0.39 is 0 Å². The van der Waals surface area contributed by atoms with E-state index in [1.165, 1.54) is 12.8 Å². The number of aromatic nitrogens is 2. The minimum atomic E-state index is -0.0153. The fraction of sp³-hybridized carbons (Fsp3) is 0.467. The van der Waals surface area contributed by atoms with Crippen LogP contribution in [0.15, 0.2) is 24.3 Å². The number of hydrogen-bond acceptors (Lipinski definition) is 4. The average molecular weight is 292 g/mol. The lowest BCUT2D eigenvalue weighted by molar-refractivity contribution is 0.142. The molecule has 0 unspecified atom stereocenters. The highest BCUT2D eigenvalue weighted by atomic mass is 35.5. The van der Waals surface area contributed by atoms with Crippen molar-refractivity contribution < 1.29 is 5.11 Å². The largest absolute Gasteiger partial charge is 0.396 e. The second kappa shape index (κ2) is 5.54. The number of nitrogens with zero attached hydrogens (tertiary/aromatic N) is 2. The third kappa shape index (κ3) is 2.58. The summed E-state index contributed by atoms with van der Waals surface area (Å²) in [5.74, 6) is 0.750. The molecule has 0 radical (unpaired) electrons. The lowest BCUT2D eigenvalue weighted by atomic mass is 9.87. The van der Waals surface area contributed by atoms with Gasteiger partial charge in [0.2, 0.25) is 5.28 Å². The summed E-state index contributed by atoms with van der Waals surface area (Å²) in [5.41, 5.74) is 0.817. The van der Waals surface area contributed by atoms with Crippen LogP contribution in [0.4, 0.5) is 5.82 Å². The van der Waals surface area contributed by atoms with Crippen LogP contribution in [0.2, 0.25) is 5.28 Å². The number of hydrogen-bond donors (Lipinski definition) is 2. The monoisotopic (exact) mass is 291 g/mol. The molecule has 3 rings (SSSR count). The zero-order valence-corrected chi connectivity index (χ0v) is 12.0. The van der Waals surface area contributed by atoms with Crippen LogP contribution >= 0.6 is 11.6 Å². The molecule has 0 spiro atoms. The van der Waals surface area contributed by atoms with Crippen LogP contribution in [-0.2, 0) is 0 Å². The molecule has 4 nitrogen and oxygen atoms in total. The Morgan fingerprint density at radius 2 is 1.95 bits per heavy atom.